The number of nitrogens with zero attached hydrogens (tertiary/aromatic N) is 1. The van der Waals surface area contributed by atoms with E-state index in [-0.39, 0.29) is 0 Å². The summed E-state index contributed by atoms with van der Waals surface area (Å²) in [5, 5.41) is 9.52. The van der Waals surface area contributed by atoms with Gasteiger partial charge < -0.3 is 10.0 Å². The molecular formula is C19H23NO. The summed E-state index contributed by atoms with van der Waals surface area (Å²) in [7, 11) is 0. The summed E-state index contributed by atoms with van der Waals surface area (Å²) in [6.07, 6.45) is 3.43. The molecular weight excluding hydrogens is 258 g/mol. The van der Waals surface area contributed by atoms with Crippen molar-refractivity contribution in [2.24, 2.45) is 0 Å². The lowest BCUT2D eigenvalue weighted by atomic mass is 9.92. The number of aromatic hydroxyl groups is 1. The van der Waals surface area contributed by atoms with Gasteiger partial charge in [-0.3, -0.25) is 0 Å². The number of fused-ring (bicyclic) bond motifs is 1. The third-order valence-electron chi connectivity index (χ3n) is 4.58. The molecule has 21 heavy (non-hydrogen) atoms. The monoisotopic (exact) mass is 281 g/mol. The van der Waals surface area contributed by atoms with Crippen LogP contribution in [0.15, 0.2) is 48.5 Å². The first-order chi connectivity index (χ1) is 10.2. The Kier molecular flexibility index (Phi) is 3.87. The fourth-order valence-electron chi connectivity index (χ4n) is 3.48. The molecule has 0 saturated carbocycles. The highest BCUT2D eigenvalue weighted by Gasteiger charge is 2.28. The Morgan fingerprint density at radius 3 is 2.57 bits per heavy atom. The smallest absolute Gasteiger partial charge is 0.115 e. The van der Waals surface area contributed by atoms with Crippen LogP contribution in [0, 0.1) is 0 Å². The molecule has 2 atom stereocenters. The molecule has 0 saturated heterocycles. The van der Waals surface area contributed by atoms with E-state index in [1.807, 2.05) is 12.1 Å². The number of hydrogen-bond donors (Lipinski definition) is 1. The standard InChI is InChI=1S/C19H23NO/c1-3-18(16-10-12-17(21)13-11-16)20-14(2)8-9-15-6-4-5-7-19(15)20/h4-7,10-14,18,21H,3,8-9H2,1-2H3. The van der Waals surface area contributed by atoms with E-state index in [9.17, 15) is 5.11 Å². The summed E-state index contributed by atoms with van der Waals surface area (Å²) in [4.78, 5) is 2.56. The van der Waals surface area contributed by atoms with Crippen LogP contribution in [0.4, 0.5) is 5.69 Å². The van der Waals surface area contributed by atoms with Crippen LogP contribution >= 0.6 is 0 Å². The van der Waals surface area contributed by atoms with Crippen molar-refractivity contribution in [3.05, 3.63) is 59.7 Å². The molecule has 2 nitrogen and oxygen atoms in total. The van der Waals surface area contributed by atoms with Crippen LogP contribution in [-0.2, 0) is 6.42 Å². The number of phenolic OH excluding ortho intramolecular Hbond substituents is 1. The minimum Gasteiger partial charge on any atom is -0.508 e. The zero-order valence-corrected chi connectivity index (χ0v) is 12.8. The molecule has 0 fully saturated rings. The summed E-state index contributed by atoms with van der Waals surface area (Å²) in [5.74, 6) is 0.334. The quantitative estimate of drug-likeness (QED) is 0.882. The molecule has 0 spiro atoms. The van der Waals surface area contributed by atoms with Gasteiger partial charge in [0.05, 0.1) is 6.04 Å². The minimum absolute atomic E-state index is 0.334. The van der Waals surface area contributed by atoms with Gasteiger partial charge in [-0.15, -0.1) is 0 Å². The molecule has 2 heteroatoms. The van der Waals surface area contributed by atoms with Gasteiger partial charge in [0.15, 0.2) is 0 Å². The fraction of sp³-hybridized carbons (Fsp3) is 0.368. The molecule has 0 bridgehead atoms. The zero-order valence-electron chi connectivity index (χ0n) is 12.8. The van der Waals surface area contributed by atoms with E-state index in [1.165, 1.54) is 29.7 Å². The molecule has 1 N–H and O–H groups in total. The summed E-state index contributed by atoms with van der Waals surface area (Å²) >= 11 is 0. The second kappa shape index (κ2) is 5.80. The van der Waals surface area contributed by atoms with Gasteiger partial charge in [0.1, 0.15) is 5.75 Å². The third kappa shape index (κ3) is 2.63. The van der Waals surface area contributed by atoms with E-state index >= 15 is 0 Å². The molecule has 1 aliphatic rings. The van der Waals surface area contributed by atoms with Crippen molar-refractivity contribution < 1.29 is 5.11 Å². The lowest BCUT2D eigenvalue weighted by molar-refractivity contribution is 0.471. The van der Waals surface area contributed by atoms with E-state index < -0.39 is 0 Å². The first-order valence-corrected chi connectivity index (χ1v) is 7.86. The van der Waals surface area contributed by atoms with Gasteiger partial charge in [-0.2, -0.15) is 0 Å². The fourth-order valence-corrected chi connectivity index (χ4v) is 3.48. The van der Waals surface area contributed by atoms with Crippen molar-refractivity contribution in [2.75, 3.05) is 4.90 Å². The highest BCUT2D eigenvalue weighted by molar-refractivity contribution is 5.58. The Hall–Kier alpha value is -1.96. The van der Waals surface area contributed by atoms with Crippen LogP contribution in [0.2, 0.25) is 0 Å². The summed E-state index contributed by atoms with van der Waals surface area (Å²) < 4.78 is 0. The molecule has 2 aromatic carbocycles. The lowest BCUT2D eigenvalue weighted by Crippen LogP contribution is -2.40. The SMILES string of the molecule is CCC(c1ccc(O)cc1)N1c2ccccc2CCC1C. The maximum Gasteiger partial charge on any atom is 0.115 e. The molecule has 110 valence electrons. The first kappa shape index (κ1) is 14.0. The summed E-state index contributed by atoms with van der Waals surface area (Å²) in [5.41, 5.74) is 4.10. The second-order valence-electron chi connectivity index (χ2n) is 5.94. The lowest BCUT2D eigenvalue weighted by Gasteiger charge is -2.42. The minimum atomic E-state index is 0.334. The number of aryl methyl sites for hydroxylation is 1. The van der Waals surface area contributed by atoms with Crippen LogP contribution in [0.25, 0.3) is 0 Å². The number of para-hydroxylation sites is 1. The number of anilines is 1. The Labute approximate surface area is 127 Å². The van der Waals surface area contributed by atoms with Gasteiger partial charge in [-0.1, -0.05) is 37.3 Å². The van der Waals surface area contributed by atoms with E-state index in [0.717, 1.165) is 6.42 Å². The van der Waals surface area contributed by atoms with Crippen molar-refractivity contribution in [3.63, 3.8) is 0 Å². The van der Waals surface area contributed by atoms with Gasteiger partial charge in [0.2, 0.25) is 0 Å². The topological polar surface area (TPSA) is 23.5 Å². The zero-order chi connectivity index (χ0) is 14.8. The molecule has 0 radical (unpaired) electrons. The van der Waals surface area contributed by atoms with Crippen LogP contribution in [0.5, 0.6) is 5.75 Å². The van der Waals surface area contributed by atoms with Crippen molar-refractivity contribution in [1.29, 1.82) is 0 Å². The van der Waals surface area contributed by atoms with Gasteiger partial charge in [-0.05, 0) is 55.5 Å². The predicted molar refractivity (Wildman–Crippen MR) is 87.8 cm³/mol. The Morgan fingerprint density at radius 1 is 1.14 bits per heavy atom. The number of hydrogen-bond acceptors (Lipinski definition) is 2. The van der Waals surface area contributed by atoms with E-state index in [2.05, 4.69) is 43.0 Å². The second-order valence-corrected chi connectivity index (χ2v) is 5.94. The Morgan fingerprint density at radius 2 is 1.86 bits per heavy atom. The van der Waals surface area contributed by atoms with Crippen LogP contribution < -0.4 is 4.90 Å². The van der Waals surface area contributed by atoms with Crippen LogP contribution in [0.3, 0.4) is 0 Å². The highest BCUT2D eigenvalue weighted by Crippen LogP contribution is 2.38. The van der Waals surface area contributed by atoms with Crippen molar-refractivity contribution in [2.45, 2.75) is 45.2 Å². The molecule has 0 aromatic heterocycles. The average Bonchev–Trinajstić information content (AvgIpc) is 2.52. The maximum atomic E-state index is 9.52. The number of phenols is 1. The van der Waals surface area contributed by atoms with E-state index in [4.69, 9.17) is 0 Å². The molecule has 2 aromatic rings. The highest BCUT2D eigenvalue weighted by atomic mass is 16.3. The molecule has 1 heterocycles. The Bertz CT molecular complexity index is 605. The maximum absolute atomic E-state index is 9.52. The average molecular weight is 281 g/mol. The summed E-state index contributed by atoms with van der Waals surface area (Å²) in [6, 6.07) is 17.3. The van der Waals surface area contributed by atoms with Gasteiger partial charge in [-0.25, -0.2) is 0 Å². The van der Waals surface area contributed by atoms with Crippen molar-refractivity contribution in [1.82, 2.24) is 0 Å². The molecule has 0 amide bonds. The normalized spacial score (nSPS) is 19.1. The number of benzene rings is 2. The molecule has 0 aliphatic carbocycles. The summed E-state index contributed by atoms with van der Waals surface area (Å²) in [6.45, 7) is 4.56. The first-order valence-electron chi connectivity index (χ1n) is 7.86. The third-order valence-corrected chi connectivity index (χ3v) is 4.58. The van der Waals surface area contributed by atoms with E-state index in [1.54, 1.807) is 12.1 Å². The van der Waals surface area contributed by atoms with E-state index in [0.29, 0.717) is 17.8 Å². The van der Waals surface area contributed by atoms with Gasteiger partial charge in [0, 0.05) is 11.7 Å². The predicted octanol–water partition coefficient (Wildman–Crippen LogP) is 4.68. The number of rotatable bonds is 3. The molecule has 1 aliphatic heterocycles. The largest absolute Gasteiger partial charge is 0.508 e. The Balaban J connectivity index is 2.02. The van der Waals surface area contributed by atoms with Crippen LogP contribution in [0.1, 0.15) is 43.9 Å². The molecule has 3 rings (SSSR count). The van der Waals surface area contributed by atoms with Gasteiger partial charge in [0.25, 0.3) is 0 Å². The van der Waals surface area contributed by atoms with Gasteiger partial charge >= 0.3 is 0 Å². The van der Waals surface area contributed by atoms with Crippen molar-refractivity contribution in [3.8, 4) is 5.75 Å². The van der Waals surface area contributed by atoms with Crippen molar-refractivity contribution >= 4 is 5.69 Å². The molecule has 2 unspecified atom stereocenters. The van der Waals surface area contributed by atoms with Crippen LogP contribution in [-0.4, -0.2) is 11.1 Å².